The number of nitrogens with two attached hydrogens (primary N) is 1. The highest BCUT2D eigenvalue weighted by molar-refractivity contribution is 7.85. The molecule has 0 fully saturated rings. The monoisotopic (exact) mass is 409 g/mol. The van der Waals surface area contributed by atoms with Crippen molar-refractivity contribution in [2.75, 3.05) is 0 Å². The Morgan fingerprint density at radius 3 is 1.95 bits per heavy atom. The predicted octanol–water partition coefficient (Wildman–Crippen LogP) is -1.67. The van der Waals surface area contributed by atoms with Crippen molar-refractivity contribution in [2.24, 2.45) is 5.73 Å². The normalized spacial score (nSPS) is 10.6. The molecule has 0 amide bonds. The topological polar surface area (TPSA) is 83.2 Å². The van der Waals surface area contributed by atoms with Crippen molar-refractivity contribution in [3.63, 3.8) is 0 Å². The first-order valence-corrected chi connectivity index (χ1v) is 8.08. The van der Waals surface area contributed by atoms with Crippen LogP contribution in [0.5, 0.6) is 0 Å². The number of halogens is 2. The zero-order valence-corrected chi connectivity index (χ0v) is 13.5. The molecule has 7 heteroatoms. The molecule has 2 rings (SSSR count). The molecule has 0 radical (unpaired) electrons. The third kappa shape index (κ3) is 5.95. The molecule has 2 aromatic rings. The molecular formula is C13H13FINO3S. The Kier molecular flexibility index (Phi) is 6.53. The first-order chi connectivity index (χ1) is 9.32. The number of hydrogen-bond acceptors (Lipinski definition) is 4. The van der Waals surface area contributed by atoms with Crippen LogP contribution in [0.1, 0.15) is 5.56 Å². The molecule has 0 heterocycles. The average molecular weight is 409 g/mol. The van der Waals surface area contributed by atoms with E-state index < -0.39 is 20.8 Å². The molecule has 0 aliphatic rings. The van der Waals surface area contributed by atoms with Crippen molar-refractivity contribution in [1.82, 2.24) is 0 Å². The van der Waals surface area contributed by atoms with Crippen LogP contribution in [-0.2, 0) is 16.7 Å². The molecule has 0 saturated heterocycles. The molecule has 0 saturated carbocycles. The lowest BCUT2D eigenvalue weighted by Crippen LogP contribution is -3.34. The van der Waals surface area contributed by atoms with Gasteiger partial charge in [0, 0.05) is 6.54 Å². The highest BCUT2D eigenvalue weighted by Gasteiger charge is 1.99. The van der Waals surface area contributed by atoms with Crippen molar-refractivity contribution in [1.29, 1.82) is 0 Å². The standard InChI is InChI=1S/C7H9IN.C6H5FO3S/c8-7-3-1-6(5-9)2-4-7;7-5-1-3-6(4-2-5)11(8,9)10/h1-4,8H,5,9H2;1-4H,(H,8,9,10)/q+1;/p-1. The SMILES string of the molecule is NCc1ccc([IH+])cc1.O=S(=O)([O-])c1ccc(F)cc1. The molecule has 0 aliphatic heterocycles. The molecule has 108 valence electrons. The second-order valence-corrected chi connectivity index (χ2v) is 6.48. The molecular weight excluding hydrogens is 396 g/mol. The summed E-state index contributed by atoms with van der Waals surface area (Å²) in [6.07, 6.45) is 0. The third-order valence-corrected chi connectivity index (χ3v) is 3.89. The van der Waals surface area contributed by atoms with Crippen LogP contribution in [0.4, 0.5) is 4.39 Å². The predicted molar refractivity (Wildman–Crippen MR) is 68.8 cm³/mol. The maximum Gasteiger partial charge on any atom is 0.296 e. The van der Waals surface area contributed by atoms with Gasteiger partial charge in [-0.15, -0.1) is 0 Å². The lowest BCUT2D eigenvalue weighted by molar-refractivity contribution is -0.328. The van der Waals surface area contributed by atoms with Gasteiger partial charge in [0.15, 0.2) is 3.57 Å². The largest absolute Gasteiger partial charge is 0.744 e. The summed E-state index contributed by atoms with van der Waals surface area (Å²) in [5.74, 6) is -0.572. The Balaban J connectivity index is 0.000000204. The maximum atomic E-state index is 12.2. The fraction of sp³-hybridized carbons (Fsp3) is 0.0769. The second kappa shape index (κ2) is 7.67. The zero-order valence-electron chi connectivity index (χ0n) is 10.3. The van der Waals surface area contributed by atoms with Gasteiger partial charge in [0.2, 0.25) is 0 Å². The molecule has 2 N–H and O–H groups in total. The van der Waals surface area contributed by atoms with E-state index in [4.69, 9.17) is 5.73 Å². The van der Waals surface area contributed by atoms with Gasteiger partial charge < -0.3 is 10.3 Å². The molecule has 0 atom stereocenters. The molecule has 0 bridgehead atoms. The van der Waals surface area contributed by atoms with E-state index >= 15 is 0 Å². The molecule has 2 aromatic carbocycles. The fourth-order valence-electron chi connectivity index (χ4n) is 1.23. The van der Waals surface area contributed by atoms with E-state index in [1.165, 1.54) is 9.13 Å². The van der Waals surface area contributed by atoms with Gasteiger partial charge in [0.25, 0.3) is 22.6 Å². The number of hydrogen-bond donors (Lipinski definition) is 1. The minimum Gasteiger partial charge on any atom is -0.744 e. The summed E-state index contributed by atoms with van der Waals surface area (Å²) in [7, 11) is -4.44. The van der Waals surface area contributed by atoms with Crippen LogP contribution in [0, 0.1) is 9.39 Å². The summed E-state index contributed by atoms with van der Waals surface area (Å²) in [5, 5.41) is 0. The quantitative estimate of drug-likeness (QED) is 0.475. The van der Waals surface area contributed by atoms with E-state index in [1.54, 1.807) is 0 Å². The van der Waals surface area contributed by atoms with E-state index in [0.717, 1.165) is 24.3 Å². The smallest absolute Gasteiger partial charge is 0.296 e. The van der Waals surface area contributed by atoms with Gasteiger partial charge >= 0.3 is 0 Å². The van der Waals surface area contributed by atoms with Crippen LogP contribution in [-0.4, -0.2) is 13.0 Å². The van der Waals surface area contributed by atoms with Crippen molar-refractivity contribution in [3.05, 3.63) is 63.5 Å². The Morgan fingerprint density at radius 2 is 1.55 bits per heavy atom. The molecule has 20 heavy (non-hydrogen) atoms. The highest BCUT2D eigenvalue weighted by Crippen LogP contribution is 2.08. The van der Waals surface area contributed by atoms with Crippen molar-refractivity contribution in [2.45, 2.75) is 11.4 Å². The minimum absolute atomic E-state index is 0.418. The number of benzene rings is 2. The number of rotatable bonds is 2. The van der Waals surface area contributed by atoms with E-state index in [1.807, 2.05) is 22.6 Å². The Morgan fingerprint density at radius 1 is 1.05 bits per heavy atom. The van der Waals surface area contributed by atoms with Crippen molar-refractivity contribution in [3.8, 4) is 0 Å². The fourth-order valence-corrected chi connectivity index (χ4v) is 2.08. The Bertz CT molecular complexity index is 642. The van der Waals surface area contributed by atoms with E-state index in [2.05, 4.69) is 24.3 Å². The molecule has 0 spiro atoms. The summed E-state index contributed by atoms with van der Waals surface area (Å²) < 4.78 is 44.3. The van der Waals surface area contributed by atoms with Gasteiger partial charge in [-0.1, -0.05) is 12.1 Å². The van der Waals surface area contributed by atoms with Crippen LogP contribution in [0.15, 0.2) is 53.4 Å². The van der Waals surface area contributed by atoms with Crippen molar-refractivity contribution >= 4 is 10.1 Å². The van der Waals surface area contributed by atoms with Gasteiger partial charge in [0.1, 0.15) is 15.9 Å². The first kappa shape index (κ1) is 17.0. The van der Waals surface area contributed by atoms with E-state index in [9.17, 15) is 17.4 Å². The maximum absolute atomic E-state index is 12.2. The lowest BCUT2D eigenvalue weighted by Gasteiger charge is -2.04. The van der Waals surface area contributed by atoms with E-state index in [-0.39, 0.29) is 0 Å². The average Bonchev–Trinajstić information content (AvgIpc) is 2.40. The third-order valence-electron chi connectivity index (χ3n) is 2.26. The zero-order chi connectivity index (χ0) is 15.2. The van der Waals surface area contributed by atoms with Gasteiger partial charge in [-0.2, -0.15) is 0 Å². The van der Waals surface area contributed by atoms with Crippen LogP contribution < -0.4 is 28.3 Å². The Hall–Kier alpha value is -1.03. The van der Waals surface area contributed by atoms with Gasteiger partial charge in [0.05, 0.1) is 4.90 Å². The highest BCUT2D eigenvalue weighted by atomic mass is 127. The van der Waals surface area contributed by atoms with Crippen LogP contribution >= 0.6 is 0 Å². The summed E-state index contributed by atoms with van der Waals surface area (Å²) in [4.78, 5) is -0.418. The van der Waals surface area contributed by atoms with Gasteiger partial charge in [-0.05, 0) is 42.0 Å². The lowest BCUT2D eigenvalue weighted by atomic mass is 10.2. The summed E-state index contributed by atoms with van der Waals surface area (Å²) in [6.45, 7) is 0.640. The van der Waals surface area contributed by atoms with Crippen LogP contribution in [0.25, 0.3) is 0 Å². The molecule has 0 unspecified atom stereocenters. The summed E-state index contributed by atoms with van der Waals surface area (Å²) in [6, 6.07) is 12.0. The molecule has 0 aromatic heterocycles. The minimum atomic E-state index is -4.44. The van der Waals surface area contributed by atoms with Gasteiger partial charge in [-0.3, -0.25) is 0 Å². The van der Waals surface area contributed by atoms with Crippen molar-refractivity contribution < 1.29 is 40.0 Å². The molecule has 4 nitrogen and oxygen atoms in total. The Labute approximate surface area is 130 Å². The summed E-state index contributed by atoms with van der Waals surface area (Å²) in [5.41, 5.74) is 6.60. The molecule has 0 aliphatic carbocycles. The first-order valence-electron chi connectivity index (χ1n) is 5.50. The van der Waals surface area contributed by atoms with Crippen LogP contribution in [0.3, 0.4) is 0 Å². The van der Waals surface area contributed by atoms with E-state index in [0.29, 0.717) is 6.54 Å². The summed E-state index contributed by atoms with van der Waals surface area (Å²) >= 11 is 2.00. The second-order valence-electron chi connectivity index (χ2n) is 3.76. The van der Waals surface area contributed by atoms with Crippen LogP contribution in [0.2, 0.25) is 0 Å². The van der Waals surface area contributed by atoms with Gasteiger partial charge in [-0.25, -0.2) is 12.8 Å².